The topological polar surface area (TPSA) is 94.9 Å². The highest BCUT2D eigenvalue weighted by molar-refractivity contribution is 6.29. The fraction of sp³-hybridized carbons (Fsp3) is 0.143. The Hall–Kier alpha value is -2.18. The predicted octanol–water partition coefficient (Wildman–Crippen LogP) is 3.02. The third-order valence-electron chi connectivity index (χ3n) is 2.97. The zero-order valence-corrected chi connectivity index (χ0v) is 12.9. The molecule has 0 aliphatic carbocycles. The first-order valence-corrected chi connectivity index (χ1v) is 7.04. The molecule has 0 saturated heterocycles. The summed E-state index contributed by atoms with van der Waals surface area (Å²) in [5, 5.41) is 11.7. The Morgan fingerprint density at radius 1 is 1.05 bits per heavy atom. The Bertz CT molecular complexity index is 650. The molecule has 0 fully saturated rings. The predicted molar refractivity (Wildman–Crippen MR) is 84.1 cm³/mol. The van der Waals surface area contributed by atoms with Crippen molar-refractivity contribution in [3.8, 4) is 0 Å². The summed E-state index contributed by atoms with van der Waals surface area (Å²) in [6.07, 6.45) is 3.74. The van der Waals surface area contributed by atoms with Crippen LogP contribution in [0.3, 0.4) is 0 Å². The van der Waals surface area contributed by atoms with E-state index in [1.54, 1.807) is 36.7 Å². The highest BCUT2D eigenvalue weighted by Crippen LogP contribution is 2.17. The molecule has 2 rings (SSSR count). The van der Waals surface area contributed by atoms with Gasteiger partial charge in [0.1, 0.15) is 10.3 Å². The van der Waals surface area contributed by atoms with E-state index in [4.69, 9.17) is 28.9 Å². The van der Waals surface area contributed by atoms with Crippen molar-refractivity contribution in [2.24, 2.45) is 5.73 Å². The highest BCUT2D eigenvalue weighted by Gasteiger charge is 2.14. The first-order valence-electron chi connectivity index (χ1n) is 6.28. The van der Waals surface area contributed by atoms with Crippen molar-refractivity contribution in [2.45, 2.75) is 12.8 Å². The Balaban J connectivity index is 2.27. The number of rotatable bonds is 5. The van der Waals surface area contributed by atoms with E-state index in [0.717, 1.165) is 11.1 Å². The molecule has 0 aromatic carbocycles. The van der Waals surface area contributed by atoms with Gasteiger partial charge >= 0.3 is 5.82 Å². The van der Waals surface area contributed by atoms with Crippen LogP contribution in [0.5, 0.6) is 0 Å². The van der Waals surface area contributed by atoms with Gasteiger partial charge in [0.05, 0.1) is 0 Å². The monoisotopic (exact) mass is 338 g/mol. The first-order chi connectivity index (χ1) is 10.5. The molecule has 0 aliphatic heterocycles. The van der Waals surface area contributed by atoms with E-state index in [9.17, 15) is 10.1 Å². The van der Waals surface area contributed by atoms with Gasteiger partial charge in [0.25, 0.3) is 0 Å². The van der Waals surface area contributed by atoms with E-state index in [-0.39, 0.29) is 5.82 Å². The number of nitrogens with zero attached hydrogens (tertiary/aromatic N) is 3. The number of halogens is 2. The number of nitrogens with two attached hydrogens (primary N) is 1. The van der Waals surface area contributed by atoms with E-state index >= 15 is 0 Å². The third kappa shape index (κ3) is 4.41. The molecule has 6 nitrogen and oxygen atoms in total. The van der Waals surface area contributed by atoms with Gasteiger partial charge in [0.2, 0.25) is 0 Å². The van der Waals surface area contributed by atoms with Gasteiger partial charge in [-0.2, -0.15) is 0 Å². The molecule has 22 heavy (non-hydrogen) atoms. The smallest absolute Gasteiger partial charge is 0.313 e. The molecule has 0 bridgehead atoms. The van der Waals surface area contributed by atoms with Crippen molar-refractivity contribution in [2.75, 3.05) is 0 Å². The number of pyridine rings is 2. The summed E-state index contributed by atoms with van der Waals surface area (Å²) in [5.74, 6) is -0.370. The lowest BCUT2D eigenvalue weighted by Crippen LogP contribution is -2.15. The Morgan fingerprint density at radius 3 is 1.82 bits per heavy atom. The van der Waals surface area contributed by atoms with Gasteiger partial charge in [0, 0.05) is 30.8 Å². The van der Waals surface area contributed by atoms with Crippen LogP contribution < -0.4 is 5.73 Å². The van der Waals surface area contributed by atoms with E-state index in [1.807, 2.05) is 0 Å². The second-order valence-corrected chi connectivity index (χ2v) is 5.35. The molecule has 2 heterocycles. The van der Waals surface area contributed by atoms with Gasteiger partial charge in [0.15, 0.2) is 0 Å². The number of hydrogen-bond acceptors (Lipinski definition) is 5. The van der Waals surface area contributed by atoms with Crippen LogP contribution in [0.15, 0.2) is 48.1 Å². The number of hydrogen-bond donors (Lipinski definition) is 1. The lowest BCUT2D eigenvalue weighted by molar-refractivity contribution is -0.427. The molecule has 2 aromatic heterocycles. The standard InChI is InChI=1S/C14H12Cl2N4O2/c15-12-3-1-9(7-18-12)5-11(14(17)20(21)22)6-10-2-4-13(16)19-8-10/h1-4,7-8H,5-6,17H2. The third-order valence-corrected chi connectivity index (χ3v) is 3.42. The second kappa shape index (κ2) is 7.20. The van der Waals surface area contributed by atoms with Crippen molar-refractivity contribution < 1.29 is 4.92 Å². The molecule has 0 atom stereocenters. The summed E-state index contributed by atoms with van der Waals surface area (Å²) in [7, 11) is 0. The summed E-state index contributed by atoms with van der Waals surface area (Å²) in [5.41, 5.74) is 7.64. The van der Waals surface area contributed by atoms with Crippen LogP contribution >= 0.6 is 23.2 Å². The van der Waals surface area contributed by atoms with Crippen LogP contribution in [0.4, 0.5) is 0 Å². The van der Waals surface area contributed by atoms with E-state index in [2.05, 4.69) is 9.97 Å². The zero-order chi connectivity index (χ0) is 16.1. The van der Waals surface area contributed by atoms with Crippen molar-refractivity contribution in [1.29, 1.82) is 0 Å². The molecule has 114 valence electrons. The van der Waals surface area contributed by atoms with Crippen molar-refractivity contribution in [3.05, 3.63) is 79.6 Å². The van der Waals surface area contributed by atoms with E-state index in [0.29, 0.717) is 28.7 Å². The zero-order valence-electron chi connectivity index (χ0n) is 11.4. The van der Waals surface area contributed by atoms with Gasteiger partial charge in [-0.15, -0.1) is 0 Å². The van der Waals surface area contributed by atoms with Crippen LogP contribution in [-0.2, 0) is 12.8 Å². The van der Waals surface area contributed by atoms with Gasteiger partial charge in [-0.05, 0) is 28.2 Å². The molecule has 0 aliphatic rings. The van der Waals surface area contributed by atoms with Crippen LogP contribution in [0.25, 0.3) is 0 Å². The highest BCUT2D eigenvalue weighted by atomic mass is 35.5. The van der Waals surface area contributed by atoms with Gasteiger partial charge in [-0.25, -0.2) is 9.97 Å². The molecular formula is C14H12Cl2N4O2. The van der Waals surface area contributed by atoms with E-state index in [1.165, 1.54) is 0 Å². The van der Waals surface area contributed by atoms with Gasteiger partial charge < -0.3 is 10.1 Å². The van der Waals surface area contributed by atoms with E-state index < -0.39 is 4.92 Å². The average molecular weight is 339 g/mol. The molecule has 0 amide bonds. The summed E-state index contributed by atoms with van der Waals surface area (Å²) in [6, 6.07) is 6.76. The number of allylic oxidation sites excluding steroid dienone is 1. The lowest BCUT2D eigenvalue weighted by atomic mass is 10.00. The molecule has 2 N–H and O–H groups in total. The fourth-order valence-electron chi connectivity index (χ4n) is 1.89. The van der Waals surface area contributed by atoms with Crippen LogP contribution in [0.2, 0.25) is 10.3 Å². The summed E-state index contributed by atoms with van der Waals surface area (Å²) < 4.78 is 0. The minimum atomic E-state index is -0.595. The minimum Gasteiger partial charge on any atom is -0.358 e. The fourth-order valence-corrected chi connectivity index (χ4v) is 2.11. The molecular weight excluding hydrogens is 327 g/mol. The van der Waals surface area contributed by atoms with Crippen molar-refractivity contribution >= 4 is 23.2 Å². The Kier molecular flexibility index (Phi) is 5.30. The Morgan fingerprint density at radius 2 is 1.50 bits per heavy atom. The number of nitro groups is 1. The summed E-state index contributed by atoms with van der Waals surface area (Å²) in [4.78, 5) is 18.3. The molecule has 2 aromatic rings. The maximum absolute atomic E-state index is 11.0. The van der Waals surface area contributed by atoms with Crippen molar-refractivity contribution in [3.63, 3.8) is 0 Å². The largest absolute Gasteiger partial charge is 0.358 e. The maximum Gasteiger partial charge on any atom is 0.313 e. The van der Waals surface area contributed by atoms with Crippen LogP contribution in [0, 0.1) is 10.1 Å². The minimum absolute atomic E-state index is 0.305. The number of aromatic nitrogens is 2. The molecule has 0 unspecified atom stereocenters. The molecule has 8 heteroatoms. The molecule has 0 saturated carbocycles. The van der Waals surface area contributed by atoms with Gasteiger partial charge in [-0.1, -0.05) is 35.3 Å². The van der Waals surface area contributed by atoms with Crippen LogP contribution in [0.1, 0.15) is 11.1 Å². The summed E-state index contributed by atoms with van der Waals surface area (Å²) in [6.45, 7) is 0. The SMILES string of the molecule is NC(=C(Cc1ccc(Cl)nc1)Cc1ccc(Cl)nc1)[N+](=O)[O-]. The van der Waals surface area contributed by atoms with Gasteiger partial charge in [-0.3, -0.25) is 5.73 Å². The van der Waals surface area contributed by atoms with Crippen LogP contribution in [-0.4, -0.2) is 14.9 Å². The second-order valence-electron chi connectivity index (χ2n) is 4.58. The molecule has 0 spiro atoms. The average Bonchev–Trinajstić information content (AvgIpc) is 2.50. The quantitative estimate of drug-likeness (QED) is 0.513. The summed E-state index contributed by atoms with van der Waals surface area (Å²) >= 11 is 11.5. The first kappa shape index (κ1) is 16.2. The Labute approximate surface area is 136 Å². The maximum atomic E-state index is 11.0. The molecule has 0 radical (unpaired) electrons. The van der Waals surface area contributed by atoms with Crippen molar-refractivity contribution in [1.82, 2.24) is 9.97 Å². The lowest BCUT2D eigenvalue weighted by Gasteiger charge is -2.08. The normalized spacial score (nSPS) is 10.3.